The Labute approximate surface area is 140 Å². The molecule has 2 N–H and O–H groups in total. The first-order chi connectivity index (χ1) is 10.8. The van der Waals surface area contributed by atoms with Crippen molar-refractivity contribution in [3.63, 3.8) is 0 Å². The van der Waals surface area contributed by atoms with Crippen molar-refractivity contribution in [2.45, 2.75) is 36.4 Å². The van der Waals surface area contributed by atoms with Crippen molar-refractivity contribution in [1.82, 2.24) is 10.2 Å². The number of nitrogens with zero attached hydrogens (tertiary/aromatic N) is 2. The fourth-order valence-corrected chi connectivity index (χ4v) is 3.63. The maximum atomic E-state index is 13.1. The van der Waals surface area contributed by atoms with Gasteiger partial charge in [0.1, 0.15) is 0 Å². The summed E-state index contributed by atoms with van der Waals surface area (Å²) in [6.45, 7) is 5.69. The molecule has 0 aliphatic rings. The van der Waals surface area contributed by atoms with Crippen molar-refractivity contribution in [1.29, 1.82) is 0 Å². The van der Waals surface area contributed by atoms with Crippen LogP contribution in [-0.4, -0.2) is 27.4 Å². The van der Waals surface area contributed by atoms with Gasteiger partial charge < -0.3 is 10.6 Å². The molecule has 0 radical (unpaired) electrons. The number of nitrogens with one attached hydrogen (secondary N) is 2. The second-order valence-corrected chi connectivity index (χ2v) is 7.62. The SMILES string of the molecule is CC(C)Nc1nnc(SC(C)C(=O)Nc2ccc(F)c(F)c2)s1. The van der Waals surface area contributed by atoms with Crippen LogP contribution in [0.3, 0.4) is 0 Å². The Hall–Kier alpha value is -1.74. The smallest absolute Gasteiger partial charge is 0.237 e. The van der Waals surface area contributed by atoms with Gasteiger partial charge in [0.25, 0.3) is 0 Å². The lowest BCUT2D eigenvalue weighted by Gasteiger charge is -2.10. The molecule has 1 aromatic carbocycles. The molecule has 124 valence electrons. The molecule has 0 aliphatic carbocycles. The number of benzene rings is 1. The Kier molecular flexibility index (Phi) is 5.89. The first-order valence-corrected chi connectivity index (χ1v) is 8.57. The number of thioether (sulfide) groups is 1. The molecule has 0 saturated carbocycles. The van der Waals surface area contributed by atoms with E-state index in [9.17, 15) is 13.6 Å². The van der Waals surface area contributed by atoms with E-state index >= 15 is 0 Å². The lowest BCUT2D eigenvalue weighted by Crippen LogP contribution is -2.22. The number of aromatic nitrogens is 2. The van der Waals surface area contributed by atoms with E-state index in [1.54, 1.807) is 6.92 Å². The Morgan fingerprint density at radius 3 is 2.61 bits per heavy atom. The number of carbonyl (C=O) groups excluding carboxylic acids is 1. The minimum atomic E-state index is -1.00. The molecule has 5 nitrogen and oxygen atoms in total. The van der Waals surface area contributed by atoms with Crippen LogP contribution in [0, 0.1) is 11.6 Å². The fourth-order valence-electron chi connectivity index (χ4n) is 1.59. The summed E-state index contributed by atoms with van der Waals surface area (Å²) in [6.07, 6.45) is 0. The van der Waals surface area contributed by atoms with Crippen LogP contribution < -0.4 is 10.6 Å². The third kappa shape index (κ3) is 5.14. The van der Waals surface area contributed by atoms with Gasteiger partial charge in [0.2, 0.25) is 11.0 Å². The van der Waals surface area contributed by atoms with Crippen molar-refractivity contribution < 1.29 is 13.6 Å². The van der Waals surface area contributed by atoms with E-state index in [0.29, 0.717) is 9.47 Å². The summed E-state index contributed by atoms with van der Waals surface area (Å²) in [6, 6.07) is 3.47. The molecule has 1 aromatic heterocycles. The van der Waals surface area contributed by atoms with Crippen molar-refractivity contribution in [2.75, 3.05) is 10.6 Å². The molecule has 1 unspecified atom stereocenters. The zero-order chi connectivity index (χ0) is 17.0. The van der Waals surface area contributed by atoms with Gasteiger partial charge in [0, 0.05) is 17.8 Å². The Morgan fingerprint density at radius 1 is 1.22 bits per heavy atom. The number of hydrogen-bond donors (Lipinski definition) is 2. The van der Waals surface area contributed by atoms with Crippen molar-refractivity contribution in [3.05, 3.63) is 29.8 Å². The summed E-state index contributed by atoms with van der Waals surface area (Å²) < 4.78 is 26.6. The summed E-state index contributed by atoms with van der Waals surface area (Å²) in [5.74, 6) is -2.28. The zero-order valence-electron chi connectivity index (χ0n) is 12.8. The largest absolute Gasteiger partial charge is 0.358 e. The number of rotatable bonds is 6. The molecular weight excluding hydrogens is 342 g/mol. The van der Waals surface area contributed by atoms with E-state index in [-0.39, 0.29) is 17.6 Å². The second kappa shape index (κ2) is 7.69. The average molecular weight is 358 g/mol. The van der Waals surface area contributed by atoms with Gasteiger partial charge in [-0.3, -0.25) is 4.79 Å². The van der Waals surface area contributed by atoms with E-state index < -0.39 is 16.9 Å². The van der Waals surface area contributed by atoms with Crippen molar-refractivity contribution in [2.24, 2.45) is 0 Å². The van der Waals surface area contributed by atoms with Gasteiger partial charge in [0.05, 0.1) is 5.25 Å². The van der Waals surface area contributed by atoms with Crippen molar-refractivity contribution >= 4 is 39.8 Å². The van der Waals surface area contributed by atoms with Crippen LogP contribution in [0.5, 0.6) is 0 Å². The predicted molar refractivity (Wildman–Crippen MR) is 89.0 cm³/mol. The highest BCUT2D eigenvalue weighted by Crippen LogP contribution is 2.29. The Morgan fingerprint density at radius 2 is 1.96 bits per heavy atom. The van der Waals surface area contributed by atoms with Gasteiger partial charge in [-0.2, -0.15) is 0 Å². The monoisotopic (exact) mass is 358 g/mol. The van der Waals surface area contributed by atoms with E-state index in [1.165, 1.54) is 29.2 Å². The molecule has 0 bridgehead atoms. The quantitative estimate of drug-likeness (QED) is 0.770. The van der Waals surface area contributed by atoms with Gasteiger partial charge in [-0.25, -0.2) is 8.78 Å². The zero-order valence-corrected chi connectivity index (χ0v) is 14.4. The standard InChI is InChI=1S/C14H16F2N4OS2/c1-7(2)17-13-19-20-14(23-13)22-8(3)12(21)18-9-4-5-10(15)11(16)6-9/h4-8H,1-3H3,(H,17,19)(H,18,21). The molecule has 1 heterocycles. The van der Waals surface area contributed by atoms with Crippen molar-refractivity contribution in [3.8, 4) is 0 Å². The molecule has 0 spiro atoms. The molecule has 0 aliphatic heterocycles. The molecule has 0 saturated heterocycles. The number of carbonyl (C=O) groups is 1. The topological polar surface area (TPSA) is 66.9 Å². The van der Waals surface area contributed by atoms with Gasteiger partial charge in [-0.1, -0.05) is 23.1 Å². The first kappa shape index (κ1) is 17.6. The average Bonchev–Trinajstić information content (AvgIpc) is 2.89. The molecule has 0 fully saturated rings. The van der Waals surface area contributed by atoms with Gasteiger partial charge in [-0.15, -0.1) is 10.2 Å². The number of amides is 1. The summed E-state index contributed by atoms with van der Waals surface area (Å²) in [5.41, 5.74) is 0.209. The van der Waals surface area contributed by atoms with E-state index in [2.05, 4.69) is 20.8 Å². The summed E-state index contributed by atoms with van der Waals surface area (Å²) >= 11 is 2.61. The highest BCUT2D eigenvalue weighted by atomic mass is 32.2. The molecular formula is C14H16F2N4OS2. The van der Waals surface area contributed by atoms with Crippen LogP contribution >= 0.6 is 23.1 Å². The molecule has 1 amide bonds. The van der Waals surface area contributed by atoms with Crippen LogP contribution in [0.15, 0.2) is 22.5 Å². The lowest BCUT2D eigenvalue weighted by atomic mass is 10.3. The Balaban J connectivity index is 1.94. The predicted octanol–water partition coefficient (Wildman–Crippen LogP) is 3.76. The minimum absolute atomic E-state index is 0.209. The molecule has 2 aromatic rings. The Bertz CT molecular complexity index is 693. The molecule has 1 atom stereocenters. The fraction of sp³-hybridized carbons (Fsp3) is 0.357. The third-order valence-corrected chi connectivity index (χ3v) is 4.69. The minimum Gasteiger partial charge on any atom is -0.358 e. The van der Waals surface area contributed by atoms with E-state index in [1.807, 2.05) is 13.8 Å². The van der Waals surface area contributed by atoms with E-state index in [4.69, 9.17) is 0 Å². The number of anilines is 2. The summed E-state index contributed by atoms with van der Waals surface area (Å²) in [5, 5.41) is 13.9. The number of hydrogen-bond acceptors (Lipinski definition) is 6. The maximum Gasteiger partial charge on any atom is 0.237 e. The maximum absolute atomic E-state index is 13.1. The van der Waals surface area contributed by atoms with E-state index in [0.717, 1.165) is 12.1 Å². The normalized spacial score (nSPS) is 12.3. The second-order valence-electron chi connectivity index (χ2n) is 5.05. The first-order valence-electron chi connectivity index (χ1n) is 6.87. The lowest BCUT2D eigenvalue weighted by molar-refractivity contribution is -0.115. The highest BCUT2D eigenvalue weighted by Gasteiger charge is 2.18. The van der Waals surface area contributed by atoms with Crippen LogP contribution in [-0.2, 0) is 4.79 Å². The van der Waals surface area contributed by atoms with Crippen LogP contribution in [0.1, 0.15) is 20.8 Å². The van der Waals surface area contributed by atoms with Gasteiger partial charge >= 0.3 is 0 Å². The van der Waals surface area contributed by atoms with Crippen LogP contribution in [0.2, 0.25) is 0 Å². The molecule has 2 rings (SSSR count). The van der Waals surface area contributed by atoms with Crippen LogP contribution in [0.25, 0.3) is 0 Å². The molecule has 23 heavy (non-hydrogen) atoms. The highest BCUT2D eigenvalue weighted by molar-refractivity contribution is 8.02. The van der Waals surface area contributed by atoms with Gasteiger partial charge in [-0.05, 0) is 32.9 Å². The van der Waals surface area contributed by atoms with Gasteiger partial charge in [0.15, 0.2) is 16.0 Å². The number of halogens is 2. The van der Waals surface area contributed by atoms with Crippen LogP contribution in [0.4, 0.5) is 19.6 Å². The third-order valence-electron chi connectivity index (χ3n) is 2.65. The molecule has 9 heteroatoms. The summed E-state index contributed by atoms with van der Waals surface area (Å²) in [4.78, 5) is 12.1. The summed E-state index contributed by atoms with van der Waals surface area (Å²) in [7, 11) is 0.